The standard InChI is InChI=1S/C19H13Cl2N3OS/c1-25-13-5-2-11(3-6-13)17-10-24-18(26)15(9-22-19(24)23-17)14-7-4-12(20)8-16(14)21/h2-10H,1H3,(H,22,23). The molecule has 2 aromatic carbocycles. The van der Waals surface area contributed by atoms with Crippen LogP contribution in [0.5, 0.6) is 5.75 Å². The second kappa shape index (κ2) is 6.76. The lowest BCUT2D eigenvalue weighted by Crippen LogP contribution is -1.93. The van der Waals surface area contributed by atoms with Crippen LogP contribution in [0.2, 0.25) is 10.0 Å². The van der Waals surface area contributed by atoms with E-state index in [-0.39, 0.29) is 0 Å². The molecular formula is C19H13Cl2N3OS. The summed E-state index contributed by atoms with van der Waals surface area (Å²) in [5, 5.41) is 1.12. The first-order valence-corrected chi connectivity index (χ1v) is 8.93. The molecule has 0 aliphatic rings. The van der Waals surface area contributed by atoms with Gasteiger partial charge < -0.3 is 9.72 Å². The summed E-state index contributed by atoms with van der Waals surface area (Å²) in [6.07, 6.45) is 3.65. The van der Waals surface area contributed by atoms with Crippen molar-refractivity contribution in [3.8, 4) is 28.1 Å². The maximum absolute atomic E-state index is 6.33. The van der Waals surface area contributed by atoms with Crippen LogP contribution in [0.3, 0.4) is 0 Å². The second-order valence-electron chi connectivity index (χ2n) is 5.69. The molecule has 130 valence electrons. The fourth-order valence-corrected chi connectivity index (χ4v) is 3.59. The first kappa shape index (κ1) is 17.1. The summed E-state index contributed by atoms with van der Waals surface area (Å²) in [6.45, 7) is 0. The van der Waals surface area contributed by atoms with E-state index in [2.05, 4.69) is 9.97 Å². The molecule has 0 amide bonds. The van der Waals surface area contributed by atoms with Crippen LogP contribution in [0.25, 0.3) is 28.2 Å². The number of hydrogen-bond acceptors (Lipinski definition) is 3. The van der Waals surface area contributed by atoms with Crippen molar-refractivity contribution in [2.75, 3.05) is 7.11 Å². The molecule has 0 saturated heterocycles. The van der Waals surface area contributed by atoms with Crippen molar-refractivity contribution in [3.63, 3.8) is 0 Å². The van der Waals surface area contributed by atoms with E-state index in [4.69, 9.17) is 40.2 Å². The third kappa shape index (κ3) is 2.98. The van der Waals surface area contributed by atoms with Gasteiger partial charge in [0.2, 0.25) is 5.78 Å². The third-order valence-electron chi connectivity index (χ3n) is 4.12. The molecule has 0 fully saturated rings. The van der Waals surface area contributed by atoms with E-state index in [9.17, 15) is 0 Å². The van der Waals surface area contributed by atoms with Gasteiger partial charge in [0, 0.05) is 28.5 Å². The number of aromatic amines is 1. The second-order valence-corrected chi connectivity index (χ2v) is 6.92. The van der Waals surface area contributed by atoms with Crippen molar-refractivity contribution >= 4 is 41.2 Å². The average Bonchev–Trinajstić information content (AvgIpc) is 3.08. The first-order valence-electron chi connectivity index (χ1n) is 7.77. The Morgan fingerprint density at radius 3 is 2.54 bits per heavy atom. The zero-order chi connectivity index (χ0) is 18.3. The number of methoxy groups -OCH3 is 1. The topological polar surface area (TPSA) is 42.3 Å². The van der Waals surface area contributed by atoms with Gasteiger partial charge in [-0.25, -0.2) is 4.98 Å². The average molecular weight is 402 g/mol. The van der Waals surface area contributed by atoms with E-state index in [1.54, 1.807) is 25.4 Å². The molecule has 7 heteroatoms. The molecule has 0 aliphatic heterocycles. The fraction of sp³-hybridized carbons (Fsp3) is 0.0526. The molecule has 0 bridgehead atoms. The number of H-pyrrole nitrogens is 1. The van der Waals surface area contributed by atoms with Gasteiger partial charge in [-0.2, -0.15) is 0 Å². The monoisotopic (exact) mass is 401 g/mol. The van der Waals surface area contributed by atoms with Gasteiger partial charge in [0.15, 0.2) is 0 Å². The minimum Gasteiger partial charge on any atom is -0.497 e. The number of imidazole rings is 1. The highest BCUT2D eigenvalue weighted by molar-refractivity contribution is 7.71. The summed E-state index contributed by atoms with van der Waals surface area (Å²) in [4.78, 5) is 7.77. The number of nitrogens with zero attached hydrogens (tertiary/aromatic N) is 2. The lowest BCUT2D eigenvalue weighted by Gasteiger charge is -2.05. The van der Waals surface area contributed by atoms with Crippen LogP contribution in [-0.2, 0) is 0 Å². The van der Waals surface area contributed by atoms with Gasteiger partial charge in [0.25, 0.3) is 0 Å². The minimum absolute atomic E-state index is 0.538. The molecule has 2 heterocycles. The van der Waals surface area contributed by atoms with Crippen LogP contribution in [0.15, 0.2) is 54.9 Å². The van der Waals surface area contributed by atoms with Gasteiger partial charge in [0.1, 0.15) is 10.4 Å². The lowest BCUT2D eigenvalue weighted by atomic mass is 10.1. The van der Waals surface area contributed by atoms with Gasteiger partial charge in [-0.05, 0) is 42.0 Å². The van der Waals surface area contributed by atoms with E-state index in [0.29, 0.717) is 20.5 Å². The molecule has 1 N–H and O–H groups in total. The Balaban J connectivity index is 1.84. The number of hydrogen-bond donors (Lipinski definition) is 1. The SMILES string of the molecule is COc1ccc(-c2cn3c(=S)c(-c4ccc(Cl)cc4Cl)cnc3[nH]2)cc1. The summed E-state index contributed by atoms with van der Waals surface area (Å²) >= 11 is 18.0. The quantitative estimate of drug-likeness (QED) is 0.425. The Bertz CT molecular complexity index is 1170. The number of nitrogens with one attached hydrogen (secondary N) is 1. The van der Waals surface area contributed by atoms with Gasteiger partial charge in [-0.15, -0.1) is 0 Å². The lowest BCUT2D eigenvalue weighted by molar-refractivity contribution is 0.415. The van der Waals surface area contributed by atoms with Crippen LogP contribution in [0.1, 0.15) is 0 Å². The highest BCUT2D eigenvalue weighted by atomic mass is 35.5. The van der Waals surface area contributed by atoms with E-state index >= 15 is 0 Å². The zero-order valence-corrected chi connectivity index (χ0v) is 16.0. The smallest absolute Gasteiger partial charge is 0.212 e. The largest absolute Gasteiger partial charge is 0.497 e. The molecular weight excluding hydrogens is 389 g/mol. The number of fused-ring (bicyclic) bond motifs is 1. The van der Waals surface area contributed by atoms with Crippen LogP contribution < -0.4 is 4.74 Å². The summed E-state index contributed by atoms with van der Waals surface area (Å²) in [5.74, 6) is 1.47. The van der Waals surface area contributed by atoms with E-state index < -0.39 is 0 Å². The van der Waals surface area contributed by atoms with Gasteiger partial charge >= 0.3 is 0 Å². The van der Waals surface area contributed by atoms with Crippen LogP contribution >= 0.6 is 35.4 Å². The fourth-order valence-electron chi connectivity index (χ4n) is 2.77. The highest BCUT2D eigenvalue weighted by Gasteiger charge is 2.11. The van der Waals surface area contributed by atoms with Crippen molar-refractivity contribution in [2.24, 2.45) is 0 Å². The number of rotatable bonds is 3. The molecule has 4 rings (SSSR count). The Hall–Kier alpha value is -2.34. The number of ether oxygens (including phenoxy) is 1. The van der Waals surface area contributed by atoms with Crippen molar-refractivity contribution in [1.29, 1.82) is 0 Å². The summed E-state index contributed by atoms with van der Waals surface area (Å²) in [6, 6.07) is 13.1. The van der Waals surface area contributed by atoms with Gasteiger partial charge in [0.05, 0.1) is 17.8 Å². The van der Waals surface area contributed by atoms with E-state index in [1.165, 1.54) is 0 Å². The van der Waals surface area contributed by atoms with Crippen LogP contribution in [0, 0.1) is 4.64 Å². The maximum Gasteiger partial charge on any atom is 0.212 e. The molecule has 4 aromatic rings. The molecule has 0 saturated carbocycles. The van der Waals surface area contributed by atoms with Crippen molar-refractivity contribution in [1.82, 2.24) is 14.4 Å². The van der Waals surface area contributed by atoms with E-state index in [0.717, 1.165) is 28.1 Å². The van der Waals surface area contributed by atoms with Crippen molar-refractivity contribution in [2.45, 2.75) is 0 Å². The maximum atomic E-state index is 6.33. The number of aromatic nitrogens is 3. The predicted molar refractivity (Wildman–Crippen MR) is 108 cm³/mol. The molecule has 0 atom stereocenters. The Kier molecular flexibility index (Phi) is 4.44. The summed E-state index contributed by atoms with van der Waals surface area (Å²) < 4.78 is 7.66. The summed E-state index contributed by atoms with van der Waals surface area (Å²) in [7, 11) is 1.64. The molecule has 4 nitrogen and oxygen atoms in total. The zero-order valence-electron chi connectivity index (χ0n) is 13.7. The molecule has 2 aromatic heterocycles. The Morgan fingerprint density at radius 1 is 1.08 bits per heavy atom. The van der Waals surface area contributed by atoms with Crippen LogP contribution in [0.4, 0.5) is 0 Å². The molecule has 0 aliphatic carbocycles. The molecule has 0 unspecified atom stereocenters. The van der Waals surface area contributed by atoms with Gasteiger partial charge in [-0.3, -0.25) is 4.40 Å². The number of halogens is 2. The Morgan fingerprint density at radius 2 is 1.85 bits per heavy atom. The van der Waals surface area contributed by atoms with Crippen molar-refractivity contribution in [3.05, 3.63) is 69.5 Å². The first-order chi connectivity index (χ1) is 12.6. The van der Waals surface area contributed by atoms with Crippen LogP contribution in [-0.4, -0.2) is 21.5 Å². The third-order valence-corrected chi connectivity index (χ3v) is 5.08. The normalized spacial score (nSPS) is 11.0. The molecule has 0 radical (unpaired) electrons. The highest BCUT2D eigenvalue weighted by Crippen LogP contribution is 2.31. The van der Waals surface area contributed by atoms with E-state index in [1.807, 2.05) is 40.9 Å². The Labute approximate surface area is 165 Å². The predicted octanol–water partition coefficient (Wildman–Crippen LogP) is 6.04. The van der Waals surface area contributed by atoms with Crippen molar-refractivity contribution < 1.29 is 4.74 Å². The number of benzene rings is 2. The van der Waals surface area contributed by atoms with Gasteiger partial charge in [-0.1, -0.05) is 41.5 Å². The minimum atomic E-state index is 0.538. The molecule has 26 heavy (non-hydrogen) atoms. The summed E-state index contributed by atoms with van der Waals surface area (Å²) in [5.41, 5.74) is 3.50. The molecule has 0 spiro atoms.